The van der Waals surface area contributed by atoms with Gasteiger partial charge >= 0.3 is 5.97 Å². The molecule has 0 bridgehead atoms. The van der Waals surface area contributed by atoms with Gasteiger partial charge in [0.25, 0.3) is 0 Å². The lowest BCUT2D eigenvalue weighted by Crippen LogP contribution is -2.38. The van der Waals surface area contributed by atoms with Crippen LogP contribution in [0.25, 0.3) is 0 Å². The number of carbonyl (C=O) groups is 1. The van der Waals surface area contributed by atoms with Gasteiger partial charge in [0, 0.05) is 6.61 Å². The van der Waals surface area contributed by atoms with E-state index in [1.54, 1.807) is 0 Å². The van der Waals surface area contributed by atoms with Crippen molar-refractivity contribution in [2.24, 2.45) is 5.92 Å². The minimum atomic E-state index is -0.682. The monoisotopic (exact) mass is 172 g/mol. The fraction of sp³-hybridized carbons (Fsp3) is 0.889. The van der Waals surface area contributed by atoms with Crippen molar-refractivity contribution in [3.8, 4) is 0 Å². The molecule has 2 unspecified atom stereocenters. The molecule has 2 atom stereocenters. The second-order valence-electron chi connectivity index (χ2n) is 3.68. The zero-order chi connectivity index (χ0) is 9.19. The molecule has 0 aromatic carbocycles. The van der Waals surface area contributed by atoms with Gasteiger partial charge in [-0.05, 0) is 26.2 Å². The molecule has 70 valence electrons. The third-order valence-corrected chi connectivity index (χ3v) is 2.69. The molecule has 0 aromatic heterocycles. The Kier molecular flexibility index (Phi) is 2.73. The van der Waals surface area contributed by atoms with Gasteiger partial charge in [0.05, 0.1) is 11.5 Å². The molecule has 0 aromatic rings. The molecule has 3 heteroatoms. The molecule has 0 amide bonds. The third-order valence-electron chi connectivity index (χ3n) is 2.69. The van der Waals surface area contributed by atoms with Gasteiger partial charge in [-0.15, -0.1) is 0 Å². The van der Waals surface area contributed by atoms with E-state index < -0.39 is 5.97 Å². The van der Waals surface area contributed by atoms with Crippen molar-refractivity contribution in [1.82, 2.24) is 0 Å². The van der Waals surface area contributed by atoms with Crippen LogP contribution in [0.5, 0.6) is 0 Å². The molecular weight excluding hydrogens is 156 g/mol. The van der Waals surface area contributed by atoms with E-state index in [0.29, 0.717) is 19.4 Å². The van der Waals surface area contributed by atoms with Crippen LogP contribution in [0.1, 0.15) is 33.1 Å². The zero-order valence-electron chi connectivity index (χ0n) is 7.67. The Morgan fingerprint density at radius 3 is 2.92 bits per heavy atom. The summed E-state index contributed by atoms with van der Waals surface area (Å²) < 4.78 is 5.53. The Bertz CT molecular complexity index is 179. The molecule has 1 heterocycles. The normalized spacial score (nSPS) is 36.3. The highest BCUT2D eigenvalue weighted by molar-refractivity contribution is 5.70. The van der Waals surface area contributed by atoms with Crippen molar-refractivity contribution in [1.29, 1.82) is 0 Å². The van der Waals surface area contributed by atoms with E-state index in [9.17, 15) is 4.79 Å². The maximum Gasteiger partial charge on any atom is 0.306 e. The Balaban J connectivity index is 2.57. The van der Waals surface area contributed by atoms with Crippen LogP contribution in [0.2, 0.25) is 0 Å². The van der Waals surface area contributed by atoms with Gasteiger partial charge in [-0.1, -0.05) is 6.92 Å². The van der Waals surface area contributed by atoms with Crippen molar-refractivity contribution < 1.29 is 14.6 Å². The Morgan fingerprint density at radius 1 is 1.75 bits per heavy atom. The standard InChI is InChI=1S/C9H16O3/c1-3-9(2)6-7(8(10)11)4-5-12-9/h7H,3-6H2,1-2H3,(H,10,11). The van der Waals surface area contributed by atoms with Gasteiger partial charge < -0.3 is 9.84 Å². The van der Waals surface area contributed by atoms with E-state index in [0.717, 1.165) is 6.42 Å². The van der Waals surface area contributed by atoms with Crippen molar-refractivity contribution in [3.63, 3.8) is 0 Å². The minimum absolute atomic E-state index is 0.205. The van der Waals surface area contributed by atoms with Crippen LogP contribution in [0.3, 0.4) is 0 Å². The third kappa shape index (κ3) is 1.97. The highest BCUT2D eigenvalue weighted by atomic mass is 16.5. The summed E-state index contributed by atoms with van der Waals surface area (Å²) in [5.41, 5.74) is -0.207. The molecule has 1 rings (SSSR count). The average Bonchev–Trinajstić information content (AvgIpc) is 2.05. The second-order valence-corrected chi connectivity index (χ2v) is 3.68. The number of rotatable bonds is 2. The fourth-order valence-corrected chi connectivity index (χ4v) is 1.59. The van der Waals surface area contributed by atoms with Crippen molar-refractivity contribution >= 4 is 5.97 Å². The van der Waals surface area contributed by atoms with Gasteiger partial charge in [0.2, 0.25) is 0 Å². The van der Waals surface area contributed by atoms with Crippen molar-refractivity contribution in [3.05, 3.63) is 0 Å². The number of hydrogen-bond acceptors (Lipinski definition) is 2. The molecule has 1 aliphatic rings. The van der Waals surface area contributed by atoms with Gasteiger partial charge in [0.15, 0.2) is 0 Å². The number of hydrogen-bond donors (Lipinski definition) is 1. The van der Waals surface area contributed by atoms with Crippen LogP contribution in [-0.2, 0) is 9.53 Å². The molecule has 0 radical (unpaired) electrons. The van der Waals surface area contributed by atoms with E-state index in [2.05, 4.69) is 0 Å². The molecule has 3 nitrogen and oxygen atoms in total. The summed E-state index contributed by atoms with van der Waals surface area (Å²) in [4.78, 5) is 10.7. The van der Waals surface area contributed by atoms with E-state index in [1.807, 2.05) is 13.8 Å². The summed E-state index contributed by atoms with van der Waals surface area (Å²) in [5, 5.41) is 8.81. The average molecular weight is 172 g/mol. The first-order chi connectivity index (χ1) is 5.57. The lowest BCUT2D eigenvalue weighted by Gasteiger charge is -2.36. The van der Waals surface area contributed by atoms with Gasteiger partial charge in [-0.2, -0.15) is 0 Å². The van der Waals surface area contributed by atoms with E-state index >= 15 is 0 Å². The Morgan fingerprint density at radius 2 is 2.42 bits per heavy atom. The highest BCUT2D eigenvalue weighted by Crippen LogP contribution is 2.31. The van der Waals surface area contributed by atoms with Crippen LogP contribution in [0.15, 0.2) is 0 Å². The minimum Gasteiger partial charge on any atom is -0.481 e. The summed E-state index contributed by atoms with van der Waals surface area (Å²) in [6, 6.07) is 0. The number of carboxylic acid groups (broad SMARTS) is 1. The number of carboxylic acids is 1. The predicted molar refractivity (Wildman–Crippen MR) is 45.0 cm³/mol. The van der Waals surface area contributed by atoms with Crippen LogP contribution < -0.4 is 0 Å². The molecule has 1 aliphatic heterocycles. The summed E-state index contributed by atoms with van der Waals surface area (Å²) in [7, 11) is 0. The molecule has 1 saturated heterocycles. The fourth-order valence-electron chi connectivity index (χ4n) is 1.59. The first-order valence-electron chi connectivity index (χ1n) is 4.44. The molecule has 0 spiro atoms. The largest absolute Gasteiger partial charge is 0.481 e. The zero-order valence-corrected chi connectivity index (χ0v) is 7.67. The smallest absolute Gasteiger partial charge is 0.306 e. The number of aliphatic carboxylic acids is 1. The van der Waals surface area contributed by atoms with Gasteiger partial charge in [-0.3, -0.25) is 4.79 Å². The predicted octanol–water partition coefficient (Wildman–Crippen LogP) is 1.67. The second kappa shape index (κ2) is 3.44. The van der Waals surface area contributed by atoms with Crippen LogP contribution in [-0.4, -0.2) is 23.3 Å². The highest BCUT2D eigenvalue weighted by Gasteiger charge is 2.34. The van der Waals surface area contributed by atoms with Crippen molar-refractivity contribution in [2.45, 2.75) is 38.7 Å². The molecule has 1 fully saturated rings. The Labute approximate surface area is 72.7 Å². The van der Waals surface area contributed by atoms with Gasteiger partial charge in [-0.25, -0.2) is 0 Å². The maximum atomic E-state index is 10.7. The first-order valence-corrected chi connectivity index (χ1v) is 4.44. The van der Waals surface area contributed by atoms with Crippen LogP contribution in [0, 0.1) is 5.92 Å². The topological polar surface area (TPSA) is 46.5 Å². The summed E-state index contributed by atoms with van der Waals surface area (Å²) in [6.45, 7) is 4.60. The molecule has 1 N–H and O–H groups in total. The Hall–Kier alpha value is -0.570. The maximum absolute atomic E-state index is 10.7. The molecular formula is C9H16O3. The van der Waals surface area contributed by atoms with E-state index in [4.69, 9.17) is 9.84 Å². The molecule has 0 saturated carbocycles. The quantitative estimate of drug-likeness (QED) is 0.689. The molecule has 0 aliphatic carbocycles. The summed E-state index contributed by atoms with van der Waals surface area (Å²) >= 11 is 0. The van der Waals surface area contributed by atoms with Crippen LogP contribution >= 0.6 is 0 Å². The molecule has 12 heavy (non-hydrogen) atoms. The van der Waals surface area contributed by atoms with Gasteiger partial charge in [0.1, 0.15) is 0 Å². The summed E-state index contributed by atoms with van der Waals surface area (Å²) in [5.74, 6) is -0.887. The summed E-state index contributed by atoms with van der Waals surface area (Å²) in [6.07, 6.45) is 2.19. The lowest BCUT2D eigenvalue weighted by molar-refractivity contribution is -0.153. The lowest BCUT2D eigenvalue weighted by atomic mass is 9.85. The van der Waals surface area contributed by atoms with E-state index in [-0.39, 0.29) is 11.5 Å². The SMILES string of the molecule is CCC1(C)CC(C(=O)O)CCO1. The van der Waals surface area contributed by atoms with Crippen LogP contribution in [0.4, 0.5) is 0 Å². The first kappa shape index (κ1) is 9.52. The number of ether oxygens (including phenoxy) is 1. The van der Waals surface area contributed by atoms with Crippen molar-refractivity contribution in [2.75, 3.05) is 6.61 Å². The van der Waals surface area contributed by atoms with E-state index in [1.165, 1.54) is 0 Å².